The molecule has 0 radical (unpaired) electrons. The molecule has 3 fully saturated rings. The van der Waals surface area contributed by atoms with Crippen molar-refractivity contribution in [3.05, 3.63) is 149 Å². The molecular formula is C61H52F9N11O4. The highest BCUT2D eigenvalue weighted by Crippen LogP contribution is 2.46. The summed E-state index contributed by atoms with van der Waals surface area (Å²) in [5.41, 5.74) is 0.695. The number of nitrogens with zero attached hydrogens (tertiary/aromatic N) is 9. The van der Waals surface area contributed by atoms with Gasteiger partial charge in [0.1, 0.15) is 52.4 Å². The third-order valence-corrected chi connectivity index (χ3v) is 16.5. The van der Waals surface area contributed by atoms with Gasteiger partial charge in [0.15, 0.2) is 28.4 Å². The van der Waals surface area contributed by atoms with Crippen LogP contribution in [0.1, 0.15) is 85.2 Å². The maximum absolute atomic E-state index is 15.8. The zero-order valence-corrected chi connectivity index (χ0v) is 45.2. The van der Waals surface area contributed by atoms with Gasteiger partial charge in [-0.1, -0.05) is 24.3 Å². The number of aromatic nitrogens is 9. The maximum atomic E-state index is 15.8. The number of rotatable bonds is 16. The molecule has 0 saturated heterocycles. The molecule has 5 heterocycles. The van der Waals surface area contributed by atoms with Gasteiger partial charge < -0.3 is 38.8 Å². The fourth-order valence-electron chi connectivity index (χ4n) is 11.9. The van der Waals surface area contributed by atoms with E-state index in [1.807, 2.05) is 6.07 Å². The van der Waals surface area contributed by atoms with Crippen LogP contribution in [0.25, 0.3) is 90.3 Å². The minimum atomic E-state index is -4.95. The van der Waals surface area contributed by atoms with Crippen LogP contribution in [0.2, 0.25) is 0 Å². The third kappa shape index (κ3) is 10.7. The van der Waals surface area contributed by atoms with Gasteiger partial charge in [-0.05, 0) is 153 Å². The second-order valence-electron chi connectivity index (χ2n) is 22.2. The Hall–Kier alpha value is -8.32. The van der Waals surface area contributed by atoms with Gasteiger partial charge in [0.05, 0.1) is 6.10 Å². The number of nitrogens with one attached hydrogen (secondary N) is 2. The van der Waals surface area contributed by atoms with Crippen LogP contribution in [0.5, 0.6) is 0 Å². The molecule has 85 heavy (non-hydrogen) atoms. The van der Waals surface area contributed by atoms with Crippen LogP contribution >= 0.6 is 0 Å². The molecule has 0 amide bonds. The summed E-state index contributed by atoms with van der Waals surface area (Å²) in [6.07, 6.45) is -3.72. The smallest absolute Gasteiger partial charge is 0.420 e. The van der Waals surface area contributed by atoms with Crippen molar-refractivity contribution in [3.8, 4) is 68.1 Å². The van der Waals surface area contributed by atoms with Crippen molar-refractivity contribution in [3.63, 3.8) is 0 Å². The Morgan fingerprint density at radius 3 is 1.96 bits per heavy atom. The summed E-state index contributed by atoms with van der Waals surface area (Å²) in [6, 6.07) is 20.8. The van der Waals surface area contributed by atoms with E-state index in [4.69, 9.17) is 18.8 Å². The summed E-state index contributed by atoms with van der Waals surface area (Å²) in [5.74, 6) is -0.870. The highest BCUT2D eigenvalue weighted by atomic mass is 19.4. The zero-order chi connectivity index (χ0) is 59.1. The van der Waals surface area contributed by atoms with Crippen molar-refractivity contribution in [1.82, 2.24) is 55.1 Å². The van der Waals surface area contributed by atoms with Gasteiger partial charge in [-0.25, -0.2) is 28.1 Å². The minimum Gasteiger partial charge on any atom is -0.435 e. The van der Waals surface area contributed by atoms with Crippen molar-refractivity contribution in [2.45, 2.75) is 127 Å². The van der Waals surface area contributed by atoms with Gasteiger partial charge in [0, 0.05) is 77.7 Å². The first kappa shape index (κ1) is 55.8. The van der Waals surface area contributed by atoms with Crippen LogP contribution in [0.15, 0.2) is 112 Å². The summed E-state index contributed by atoms with van der Waals surface area (Å²) in [7, 11) is 0. The largest absolute Gasteiger partial charge is 0.435 e. The molecule has 5 aromatic carbocycles. The molecule has 5 aromatic heterocycles. The topological polar surface area (TPSA) is 191 Å². The van der Waals surface area contributed by atoms with Crippen molar-refractivity contribution in [1.29, 1.82) is 0 Å². The Morgan fingerprint density at radius 2 is 1.31 bits per heavy atom. The first-order valence-corrected chi connectivity index (χ1v) is 27.8. The molecule has 0 aliphatic heterocycles. The van der Waals surface area contributed by atoms with Crippen LogP contribution in [-0.2, 0) is 32.4 Å². The molecule has 0 bridgehead atoms. The fraction of sp³-hybridized carbons (Fsp3) is 0.328. The lowest BCUT2D eigenvalue weighted by Crippen LogP contribution is -2.56. The molecule has 4 atom stereocenters. The first-order valence-electron chi connectivity index (χ1n) is 27.8. The molecule has 3 aliphatic rings. The van der Waals surface area contributed by atoms with E-state index in [0.717, 1.165) is 37.4 Å². The monoisotopic (exact) mass is 1170 g/mol. The van der Waals surface area contributed by atoms with Crippen LogP contribution in [0.4, 0.5) is 39.5 Å². The highest BCUT2D eigenvalue weighted by Gasteiger charge is 2.60. The van der Waals surface area contributed by atoms with E-state index in [1.54, 1.807) is 58.5 Å². The lowest BCUT2D eigenvalue weighted by atomic mass is 9.96. The second kappa shape index (κ2) is 21.6. The Balaban J connectivity index is 0.772. The maximum Gasteiger partial charge on any atom is 0.420 e. The van der Waals surface area contributed by atoms with E-state index < -0.39 is 71.7 Å². The van der Waals surface area contributed by atoms with Crippen molar-refractivity contribution >= 4 is 22.2 Å². The predicted octanol–water partition coefficient (Wildman–Crippen LogP) is 12.8. The first-order chi connectivity index (χ1) is 40.8. The molecule has 13 rings (SSSR count). The van der Waals surface area contributed by atoms with Crippen molar-refractivity contribution < 1.29 is 58.6 Å². The quantitative estimate of drug-likeness (QED) is 0.0669. The van der Waals surface area contributed by atoms with E-state index >= 15 is 13.2 Å². The summed E-state index contributed by atoms with van der Waals surface area (Å²) in [5, 5.41) is 43.9. The van der Waals surface area contributed by atoms with Gasteiger partial charge in [0.2, 0.25) is 11.8 Å². The van der Waals surface area contributed by atoms with Gasteiger partial charge in [-0.2, -0.15) is 26.3 Å². The number of oxazole rings is 2. The van der Waals surface area contributed by atoms with Crippen LogP contribution in [-0.4, -0.2) is 84.7 Å². The highest BCUT2D eigenvalue weighted by molar-refractivity contribution is 5.86. The van der Waals surface area contributed by atoms with E-state index in [1.165, 1.54) is 49.1 Å². The summed E-state index contributed by atoms with van der Waals surface area (Å²) in [4.78, 5) is 14.2. The average Bonchev–Trinajstić information content (AvgIpc) is 3.38. The Bertz CT molecular complexity index is 4190. The van der Waals surface area contributed by atoms with Gasteiger partial charge in [0.25, 0.3) is 0 Å². The standard InChI is InChI=1S/C61H52F9N11O4/c1-31-52(64)37(28-71-45-7-3-8-50(45)82)24-48-53(31)84-58(77-48)49-23-36(22-46(75-49)33-10-11-33)41-15-13-39(63)26-43(41)56-79-74-30-81(56)18-17-80-29-73-78-55(80)42-25-38(62)12-14-40(42)34-5-2-6-35(21-34)57-76-47-20-32(19-44(54(47)85-57)60(65,66)67)27-72-51-9-4-16-59(51,83)61(68,69)70/h2,5-6,12-15,19-26,29-30,33,45,50-51,71-72,82-83H,3-4,7-11,16-18,27-28H2,1H3/t45-,50+,51-,59+/m1/s1. The molecule has 0 spiro atoms. The molecule has 24 heteroatoms. The van der Waals surface area contributed by atoms with Crippen LogP contribution in [0, 0.1) is 24.4 Å². The van der Waals surface area contributed by atoms with Crippen molar-refractivity contribution in [2.24, 2.45) is 0 Å². The Labute approximate surface area is 478 Å². The van der Waals surface area contributed by atoms with Crippen LogP contribution < -0.4 is 10.6 Å². The second-order valence-corrected chi connectivity index (χ2v) is 22.2. The SMILES string of the molecule is Cc1c(F)c(CN[C@@H]2CCC[C@@H]2O)cc2nc(-c3cc(-c4ccc(F)cc4-c4nncn4CCn4cnnc4-c4cc(F)ccc4-c4cccc(-c5nc6cc(CN[C@@H]7CCC[C@@]7(O)C(F)(F)F)cc(C(F)(F)F)c6o5)c4)cc(C4CC4)n3)oc12. The Kier molecular flexibility index (Phi) is 14.2. The number of hydrogen-bond donors (Lipinski definition) is 4. The lowest BCUT2D eigenvalue weighted by molar-refractivity contribution is -0.264. The number of benzene rings is 5. The molecule has 3 aliphatic carbocycles. The third-order valence-electron chi connectivity index (χ3n) is 16.5. The molecule has 4 N–H and O–H groups in total. The molecule has 10 aromatic rings. The number of pyridine rings is 1. The Morgan fingerprint density at radius 1 is 0.647 bits per heavy atom. The minimum absolute atomic E-state index is 0.0270. The van der Waals surface area contributed by atoms with Gasteiger partial charge in [-0.15, -0.1) is 20.4 Å². The average molecular weight is 1170 g/mol. The number of fused-ring (bicyclic) bond motifs is 2. The number of halogens is 9. The normalized spacial score (nSPS) is 19.3. The summed E-state index contributed by atoms with van der Waals surface area (Å²) >= 11 is 0. The van der Waals surface area contributed by atoms with Gasteiger partial charge in [-0.3, -0.25) is 0 Å². The van der Waals surface area contributed by atoms with Crippen molar-refractivity contribution in [2.75, 3.05) is 0 Å². The van der Waals surface area contributed by atoms with E-state index in [9.17, 15) is 36.6 Å². The van der Waals surface area contributed by atoms with E-state index in [-0.39, 0.29) is 89.8 Å². The number of aliphatic hydroxyl groups is 2. The van der Waals surface area contributed by atoms with E-state index in [0.29, 0.717) is 62.4 Å². The molecule has 438 valence electrons. The number of hydrogen-bond acceptors (Lipinski definition) is 13. The summed E-state index contributed by atoms with van der Waals surface area (Å²) in [6.45, 7) is 1.76. The molecule has 3 saturated carbocycles. The molecule has 0 unspecified atom stereocenters. The lowest BCUT2D eigenvalue weighted by Gasteiger charge is -2.32. The summed E-state index contributed by atoms with van der Waals surface area (Å²) < 4.78 is 147. The van der Waals surface area contributed by atoms with Gasteiger partial charge >= 0.3 is 12.4 Å². The predicted molar refractivity (Wildman–Crippen MR) is 293 cm³/mol. The number of alkyl halides is 6. The van der Waals surface area contributed by atoms with Crippen LogP contribution in [0.3, 0.4) is 0 Å². The number of aryl methyl sites for hydroxylation is 3. The van der Waals surface area contributed by atoms with E-state index in [2.05, 4.69) is 36.0 Å². The molecule has 15 nitrogen and oxygen atoms in total. The fourth-order valence-corrected chi connectivity index (χ4v) is 11.9. The zero-order valence-electron chi connectivity index (χ0n) is 45.2. The molecular weight excluding hydrogens is 1120 g/mol. The number of aliphatic hydroxyl groups excluding tert-OH is 1.